The zero-order chi connectivity index (χ0) is 14.5. The van der Waals surface area contributed by atoms with E-state index in [1.54, 1.807) is 11.3 Å². The van der Waals surface area contributed by atoms with E-state index in [0.717, 1.165) is 4.88 Å². The van der Waals surface area contributed by atoms with Gasteiger partial charge in [0, 0.05) is 11.4 Å². The van der Waals surface area contributed by atoms with Crippen LogP contribution >= 0.6 is 11.3 Å². The lowest BCUT2D eigenvalue weighted by atomic mass is 10.1. The first-order chi connectivity index (χ1) is 9.59. The number of hydrogen-bond acceptors (Lipinski definition) is 5. The van der Waals surface area contributed by atoms with Gasteiger partial charge in [-0.3, -0.25) is 14.9 Å². The second-order valence-corrected chi connectivity index (χ2v) is 5.12. The third-order valence-electron chi connectivity index (χ3n) is 2.73. The van der Waals surface area contributed by atoms with Gasteiger partial charge < -0.3 is 11.1 Å². The van der Waals surface area contributed by atoms with E-state index in [1.807, 2.05) is 17.5 Å². The lowest BCUT2D eigenvalue weighted by Gasteiger charge is -2.06. The third kappa shape index (κ3) is 3.12. The van der Waals surface area contributed by atoms with Crippen LogP contribution in [0.1, 0.15) is 15.2 Å². The van der Waals surface area contributed by atoms with E-state index in [-0.39, 0.29) is 16.9 Å². The maximum atomic E-state index is 12.0. The van der Waals surface area contributed by atoms with Gasteiger partial charge in [-0.15, -0.1) is 11.3 Å². The largest absolute Gasteiger partial charge is 0.393 e. The van der Waals surface area contributed by atoms with Crippen LogP contribution in [0.25, 0.3) is 0 Å². The Hall–Kier alpha value is -2.41. The number of nitro groups is 1. The Morgan fingerprint density at radius 1 is 1.35 bits per heavy atom. The fourth-order valence-electron chi connectivity index (χ4n) is 1.80. The highest BCUT2D eigenvalue weighted by molar-refractivity contribution is 7.09. The van der Waals surface area contributed by atoms with E-state index >= 15 is 0 Å². The number of thiophene rings is 1. The Kier molecular flexibility index (Phi) is 4.31. The smallest absolute Gasteiger partial charge is 0.304 e. The number of para-hydroxylation sites is 1. The standard InChI is InChI=1S/C13H13N3O3S/c14-11-5-1-4-10(12(11)16(18)19)13(17)15-7-6-9-3-2-8-20-9/h1-5,8H,6-7,14H2,(H,15,17). The molecule has 0 aliphatic rings. The highest BCUT2D eigenvalue weighted by Crippen LogP contribution is 2.25. The average molecular weight is 291 g/mol. The molecule has 1 aromatic carbocycles. The van der Waals surface area contributed by atoms with Crippen molar-refractivity contribution < 1.29 is 9.72 Å². The highest BCUT2D eigenvalue weighted by atomic mass is 32.1. The van der Waals surface area contributed by atoms with Crippen molar-refractivity contribution in [2.45, 2.75) is 6.42 Å². The summed E-state index contributed by atoms with van der Waals surface area (Å²) in [7, 11) is 0. The monoisotopic (exact) mass is 291 g/mol. The molecule has 0 radical (unpaired) electrons. The normalized spacial score (nSPS) is 10.2. The third-order valence-corrected chi connectivity index (χ3v) is 3.67. The quantitative estimate of drug-likeness (QED) is 0.501. The molecule has 0 bridgehead atoms. The van der Waals surface area contributed by atoms with Crippen LogP contribution < -0.4 is 11.1 Å². The zero-order valence-corrected chi connectivity index (χ0v) is 11.4. The zero-order valence-electron chi connectivity index (χ0n) is 10.5. The van der Waals surface area contributed by atoms with Crippen molar-refractivity contribution >= 4 is 28.6 Å². The Morgan fingerprint density at radius 3 is 2.80 bits per heavy atom. The molecule has 0 spiro atoms. The minimum absolute atomic E-state index is 0.0128. The van der Waals surface area contributed by atoms with Crippen molar-refractivity contribution in [1.82, 2.24) is 5.32 Å². The Bertz CT molecular complexity index is 626. The first-order valence-electron chi connectivity index (χ1n) is 5.93. The molecule has 6 nitrogen and oxygen atoms in total. The lowest BCUT2D eigenvalue weighted by Crippen LogP contribution is -2.26. The predicted molar refractivity (Wildman–Crippen MR) is 77.9 cm³/mol. The highest BCUT2D eigenvalue weighted by Gasteiger charge is 2.22. The van der Waals surface area contributed by atoms with E-state index in [4.69, 9.17) is 5.73 Å². The molecule has 2 rings (SSSR count). The molecule has 0 saturated carbocycles. The van der Waals surface area contributed by atoms with Crippen LogP contribution in [-0.2, 0) is 6.42 Å². The van der Waals surface area contributed by atoms with Crippen LogP contribution in [0.4, 0.5) is 11.4 Å². The molecule has 0 aliphatic heterocycles. The first kappa shape index (κ1) is 14.0. The molecule has 1 amide bonds. The lowest BCUT2D eigenvalue weighted by molar-refractivity contribution is -0.384. The summed E-state index contributed by atoms with van der Waals surface area (Å²) in [4.78, 5) is 23.4. The van der Waals surface area contributed by atoms with Gasteiger partial charge >= 0.3 is 5.69 Å². The molecule has 104 valence electrons. The van der Waals surface area contributed by atoms with E-state index in [0.29, 0.717) is 13.0 Å². The summed E-state index contributed by atoms with van der Waals surface area (Å²) in [6.07, 6.45) is 0.694. The number of nitrogen functional groups attached to an aromatic ring is 1. The molecule has 0 aliphatic carbocycles. The number of rotatable bonds is 5. The second-order valence-electron chi connectivity index (χ2n) is 4.09. The molecule has 2 aromatic rings. The van der Waals surface area contributed by atoms with Crippen LogP contribution in [0.5, 0.6) is 0 Å². The number of benzene rings is 1. The Morgan fingerprint density at radius 2 is 2.15 bits per heavy atom. The molecule has 3 N–H and O–H groups in total. The van der Waals surface area contributed by atoms with E-state index < -0.39 is 10.8 Å². The number of carbonyl (C=O) groups excluding carboxylic acids is 1. The fourth-order valence-corrected chi connectivity index (χ4v) is 2.51. The van der Waals surface area contributed by atoms with Gasteiger partial charge in [0.2, 0.25) is 0 Å². The van der Waals surface area contributed by atoms with Gasteiger partial charge in [-0.25, -0.2) is 0 Å². The molecule has 0 unspecified atom stereocenters. The molecule has 0 fully saturated rings. The molecule has 7 heteroatoms. The van der Waals surface area contributed by atoms with Gasteiger partial charge in [0.05, 0.1) is 4.92 Å². The van der Waals surface area contributed by atoms with Crippen molar-refractivity contribution in [3.05, 3.63) is 56.3 Å². The van der Waals surface area contributed by atoms with Gasteiger partial charge in [0.1, 0.15) is 11.3 Å². The summed E-state index contributed by atoms with van der Waals surface area (Å²) in [5, 5.41) is 15.6. The number of anilines is 1. The number of nitro benzene ring substituents is 1. The molecule has 1 heterocycles. The first-order valence-corrected chi connectivity index (χ1v) is 6.81. The van der Waals surface area contributed by atoms with E-state index in [1.165, 1.54) is 18.2 Å². The number of nitrogens with zero attached hydrogens (tertiary/aromatic N) is 1. The average Bonchev–Trinajstić information content (AvgIpc) is 2.91. The van der Waals surface area contributed by atoms with Crippen molar-refractivity contribution in [2.75, 3.05) is 12.3 Å². The van der Waals surface area contributed by atoms with Crippen LogP contribution in [0.3, 0.4) is 0 Å². The van der Waals surface area contributed by atoms with Crippen molar-refractivity contribution in [3.63, 3.8) is 0 Å². The van der Waals surface area contributed by atoms with Crippen molar-refractivity contribution in [2.24, 2.45) is 0 Å². The molecule has 0 saturated heterocycles. The van der Waals surface area contributed by atoms with Gasteiger partial charge in [-0.1, -0.05) is 12.1 Å². The molecule has 1 aromatic heterocycles. The van der Waals surface area contributed by atoms with Gasteiger partial charge in [-0.2, -0.15) is 0 Å². The van der Waals surface area contributed by atoms with Gasteiger partial charge in [-0.05, 0) is 30.0 Å². The minimum Gasteiger partial charge on any atom is -0.393 e. The molecule has 0 atom stereocenters. The molecule has 20 heavy (non-hydrogen) atoms. The van der Waals surface area contributed by atoms with Crippen LogP contribution in [0.2, 0.25) is 0 Å². The maximum Gasteiger partial charge on any atom is 0.304 e. The summed E-state index contributed by atoms with van der Waals surface area (Å²) >= 11 is 1.60. The number of hydrogen-bond donors (Lipinski definition) is 2. The second kappa shape index (κ2) is 6.16. The topological polar surface area (TPSA) is 98.3 Å². The summed E-state index contributed by atoms with van der Waals surface area (Å²) < 4.78 is 0. The Balaban J connectivity index is 2.06. The van der Waals surface area contributed by atoms with Gasteiger partial charge in [0.15, 0.2) is 0 Å². The van der Waals surface area contributed by atoms with Crippen LogP contribution in [0.15, 0.2) is 35.7 Å². The van der Waals surface area contributed by atoms with Gasteiger partial charge in [0.25, 0.3) is 5.91 Å². The minimum atomic E-state index is -0.635. The van der Waals surface area contributed by atoms with Crippen molar-refractivity contribution in [1.29, 1.82) is 0 Å². The fraction of sp³-hybridized carbons (Fsp3) is 0.154. The summed E-state index contributed by atoms with van der Waals surface area (Å²) in [6, 6.07) is 8.23. The van der Waals surface area contributed by atoms with Crippen LogP contribution in [0, 0.1) is 10.1 Å². The van der Waals surface area contributed by atoms with Crippen LogP contribution in [-0.4, -0.2) is 17.4 Å². The number of amides is 1. The number of nitrogens with two attached hydrogens (primary N) is 1. The van der Waals surface area contributed by atoms with E-state index in [2.05, 4.69) is 5.32 Å². The number of carbonyl (C=O) groups is 1. The molecular weight excluding hydrogens is 278 g/mol. The maximum absolute atomic E-state index is 12.0. The summed E-state index contributed by atoms with van der Waals surface area (Å²) in [6.45, 7) is 0.422. The van der Waals surface area contributed by atoms with E-state index in [9.17, 15) is 14.9 Å². The molecular formula is C13H13N3O3S. The SMILES string of the molecule is Nc1cccc(C(=O)NCCc2cccs2)c1[N+](=O)[O-]. The predicted octanol–water partition coefficient (Wildman–Crippen LogP) is 2.21. The Labute approximate surface area is 119 Å². The van der Waals surface area contributed by atoms with Crippen molar-refractivity contribution in [3.8, 4) is 0 Å². The summed E-state index contributed by atoms with van der Waals surface area (Å²) in [5.41, 5.74) is 5.17. The number of nitrogens with one attached hydrogen (secondary N) is 1. The summed E-state index contributed by atoms with van der Waals surface area (Å²) in [5.74, 6) is -0.486.